The fourth-order valence-corrected chi connectivity index (χ4v) is 2.36. The minimum absolute atomic E-state index is 0.495. The first kappa shape index (κ1) is 11.6. The minimum atomic E-state index is 0.495. The van der Waals surface area contributed by atoms with E-state index in [1.165, 1.54) is 31.2 Å². The van der Waals surface area contributed by atoms with Gasteiger partial charge in [-0.2, -0.15) is 0 Å². The van der Waals surface area contributed by atoms with Gasteiger partial charge in [0.15, 0.2) is 0 Å². The van der Waals surface area contributed by atoms with E-state index in [2.05, 4.69) is 35.6 Å². The van der Waals surface area contributed by atoms with Crippen LogP contribution in [0.2, 0.25) is 0 Å². The van der Waals surface area contributed by atoms with Crippen molar-refractivity contribution in [2.24, 2.45) is 0 Å². The van der Waals surface area contributed by atoms with Gasteiger partial charge in [0.2, 0.25) is 0 Å². The fourth-order valence-electron chi connectivity index (χ4n) is 2.36. The molecule has 16 heavy (non-hydrogen) atoms. The van der Waals surface area contributed by atoms with E-state index in [4.69, 9.17) is 4.74 Å². The van der Waals surface area contributed by atoms with Crippen molar-refractivity contribution in [3.63, 3.8) is 0 Å². The summed E-state index contributed by atoms with van der Waals surface area (Å²) in [5, 5.41) is 3.63. The van der Waals surface area contributed by atoms with Crippen LogP contribution in [0, 0.1) is 0 Å². The molecule has 0 amide bonds. The van der Waals surface area contributed by atoms with Gasteiger partial charge in [-0.05, 0) is 31.2 Å². The Hall–Kier alpha value is -0.860. The molecule has 2 nitrogen and oxygen atoms in total. The van der Waals surface area contributed by atoms with Crippen LogP contribution in [-0.4, -0.2) is 19.3 Å². The largest absolute Gasteiger partial charge is 0.381 e. The van der Waals surface area contributed by atoms with Crippen molar-refractivity contribution in [1.29, 1.82) is 0 Å². The van der Waals surface area contributed by atoms with Gasteiger partial charge in [-0.3, -0.25) is 0 Å². The van der Waals surface area contributed by atoms with Gasteiger partial charge in [0, 0.05) is 19.7 Å². The number of methoxy groups -OCH3 is 1. The number of hydrogen-bond acceptors (Lipinski definition) is 2. The monoisotopic (exact) mass is 219 g/mol. The summed E-state index contributed by atoms with van der Waals surface area (Å²) < 4.78 is 5.37. The first-order valence-electron chi connectivity index (χ1n) is 6.18. The normalized spacial score (nSPS) is 25.6. The summed E-state index contributed by atoms with van der Waals surface area (Å²) in [5.74, 6) is 0. The topological polar surface area (TPSA) is 21.3 Å². The Morgan fingerprint density at radius 1 is 1.12 bits per heavy atom. The van der Waals surface area contributed by atoms with E-state index in [-0.39, 0.29) is 0 Å². The van der Waals surface area contributed by atoms with Crippen LogP contribution in [0.1, 0.15) is 31.2 Å². The Morgan fingerprint density at radius 2 is 1.81 bits per heavy atom. The van der Waals surface area contributed by atoms with Crippen LogP contribution < -0.4 is 5.32 Å². The Labute approximate surface area is 98.0 Å². The maximum atomic E-state index is 5.37. The number of nitrogens with one attached hydrogen (secondary N) is 1. The SMILES string of the molecule is COC1CCC(NCc2ccccc2)CC1. The molecule has 0 atom stereocenters. The highest BCUT2D eigenvalue weighted by molar-refractivity contribution is 5.14. The molecule has 1 aliphatic rings. The molecule has 2 rings (SSSR count). The summed E-state index contributed by atoms with van der Waals surface area (Å²) in [5.41, 5.74) is 1.37. The van der Waals surface area contributed by atoms with Gasteiger partial charge in [0.25, 0.3) is 0 Å². The van der Waals surface area contributed by atoms with Crippen molar-refractivity contribution < 1.29 is 4.74 Å². The van der Waals surface area contributed by atoms with Crippen LogP contribution in [0.4, 0.5) is 0 Å². The molecule has 1 aromatic carbocycles. The standard InChI is InChI=1S/C14H21NO/c1-16-14-9-7-13(8-10-14)15-11-12-5-3-2-4-6-12/h2-6,13-15H,7-11H2,1H3. The summed E-state index contributed by atoms with van der Waals surface area (Å²) >= 11 is 0. The zero-order valence-corrected chi connectivity index (χ0v) is 9.99. The van der Waals surface area contributed by atoms with Crippen molar-refractivity contribution in [2.75, 3.05) is 7.11 Å². The van der Waals surface area contributed by atoms with Crippen LogP contribution in [0.3, 0.4) is 0 Å². The molecule has 0 bridgehead atoms. The number of rotatable bonds is 4. The molecule has 0 saturated heterocycles. The quantitative estimate of drug-likeness (QED) is 0.840. The Morgan fingerprint density at radius 3 is 2.44 bits per heavy atom. The van der Waals surface area contributed by atoms with E-state index < -0.39 is 0 Å². The first-order chi connectivity index (χ1) is 7.88. The molecule has 1 N–H and O–H groups in total. The summed E-state index contributed by atoms with van der Waals surface area (Å²) in [6, 6.07) is 11.3. The van der Waals surface area contributed by atoms with Gasteiger partial charge in [-0.15, -0.1) is 0 Å². The van der Waals surface area contributed by atoms with Crippen molar-refractivity contribution in [3.05, 3.63) is 35.9 Å². The molecule has 2 heteroatoms. The fraction of sp³-hybridized carbons (Fsp3) is 0.571. The molecule has 1 saturated carbocycles. The van der Waals surface area contributed by atoms with Crippen molar-refractivity contribution >= 4 is 0 Å². The Bertz CT molecular complexity index is 291. The second-order valence-electron chi connectivity index (χ2n) is 4.58. The van der Waals surface area contributed by atoms with Gasteiger partial charge in [-0.1, -0.05) is 30.3 Å². The van der Waals surface area contributed by atoms with E-state index in [0.717, 1.165) is 6.54 Å². The molecule has 0 heterocycles. The van der Waals surface area contributed by atoms with Gasteiger partial charge in [0.1, 0.15) is 0 Å². The molecule has 0 unspecified atom stereocenters. The molecule has 0 aliphatic heterocycles. The number of hydrogen-bond donors (Lipinski definition) is 1. The Kier molecular flexibility index (Phi) is 4.37. The predicted molar refractivity (Wildman–Crippen MR) is 66.3 cm³/mol. The van der Waals surface area contributed by atoms with E-state index in [0.29, 0.717) is 12.1 Å². The lowest BCUT2D eigenvalue weighted by molar-refractivity contribution is 0.0624. The molecule has 88 valence electrons. The van der Waals surface area contributed by atoms with E-state index in [9.17, 15) is 0 Å². The summed E-state index contributed by atoms with van der Waals surface area (Å²) in [6.45, 7) is 0.989. The molecule has 0 spiro atoms. The lowest BCUT2D eigenvalue weighted by atomic mass is 9.93. The van der Waals surface area contributed by atoms with E-state index >= 15 is 0 Å². The van der Waals surface area contributed by atoms with Gasteiger partial charge >= 0.3 is 0 Å². The molecular formula is C14H21NO. The smallest absolute Gasteiger partial charge is 0.0572 e. The molecule has 0 aromatic heterocycles. The highest BCUT2D eigenvalue weighted by Crippen LogP contribution is 2.20. The van der Waals surface area contributed by atoms with Crippen molar-refractivity contribution in [2.45, 2.75) is 44.4 Å². The van der Waals surface area contributed by atoms with Crippen LogP contribution >= 0.6 is 0 Å². The highest BCUT2D eigenvalue weighted by Gasteiger charge is 2.19. The third-order valence-corrected chi connectivity index (χ3v) is 3.45. The average molecular weight is 219 g/mol. The molecule has 0 radical (unpaired) electrons. The van der Waals surface area contributed by atoms with E-state index in [1.54, 1.807) is 0 Å². The van der Waals surface area contributed by atoms with Crippen LogP contribution in [-0.2, 0) is 11.3 Å². The van der Waals surface area contributed by atoms with Gasteiger partial charge < -0.3 is 10.1 Å². The van der Waals surface area contributed by atoms with Crippen LogP contribution in [0.5, 0.6) is 0 Å². The summed E-state index contributed by atoms with van der Waals surface area (Å²) in [6.07, 6.45) is 5.37. The summed E-state index contributed by atoms with van der Waals surface area (Å²) in [7, 11) is 1.82. The van der Waals surface area contributed by atoms with Crippen molar-refractivity contribution in [1.82, 2.24) is 5.32 Å². The summed E-state index contributed by atoms with van der Waals surface area (Å²) in [4.78, 5) is 0. The lowest BCUT2D eigenvalue weighted by Crippen LogP contribution is -2.34. The maximum Gasteiger partial charge on any atom is 0.0572 e. The highest BCUT2D eigenvalue weighted by atomic mass is 16.5. The zero-order chi connectivity index (χ0) is 11.2. The number of benzene rings is 1. The zero-order valence-electron chi connectivity index (χ0n) is 9.99. The molecule has 1 aliphatic carbocycles. The van der Waals surface area contributed by atoms with Gasteiger partial charge in [-0.25, -0.2) is 0 Å². The first-order valence-corrected chi connectivity index (χ1v) is 6.18. The lowest BCUT2D eigenvalue weighted by Gasteiger charge is -2.28. The molecule has 1 fully saturated rings. The second-order valence-corrected chi connectivity index (χ2v) is 4.58. The van der Waals surface area contributed by atoms with Crippen molar-refractivity contribution in [3.8, 4) is 0 Å². The third-order valence-electron chi connectivity index (χ3n) is 3.45. The number of ether oxygens (including phenoxy) is 1. The molecule has 1 aromatic rings. The molecular weight excluding hydrogens is 198 g/mol. The Balaban J connectivity index is 1.72. The van der Waals surface area contributed by atoms with E-state index in [1.807, 2.05) is 7.11 Å². The van der Waals surface area contributed by atoms with Crippen LogP contribution in [0.15, 0.2) is 30.3 Å². The third kappa shape index (κ3) is 3.32. The van der Waals surface area contributed by atoms with Crippen LogP contribution in [0.25, 0.3) is 0 Å². The second kappa shape index (κ2) is 6.02. The predicted octanol–water partition coefficient (Wildman–Crippen LogP) is 2.73. The maximum absolute atomic E-state index is 5.37. The average Bonchev–Trinajstić information content (AvgIpc) is 2.38. The minimum Gasteiger partial charge on any atom is -0.381 e. The van der Waals surface area contributed by atoms with Gasteiger partial charge in [0.05, 0.1) is 6.10 Å².